The van der Waals surface area contributed by atoms with Crippen LogP contribution in [0.2, 0.25) is 0 Å². The lowest BCUT2D eigenvalue weighted by molar-refractivity contribution is 0.134. The molecule has 144 valence electrons. The van der Waals surface area contributed by atoms with Crippen LogP contribution in [0.4, 0.5) is 0 Å². The van der Waals surface area contributed by atoms with E-state index in [2.05, 4.69) is 20.1 Å². The Morgan fingerprint density at radius 2 is 1.89 bits per heavy atom. The number of benzene rings is 1. The van der Waals surface area contributed by atoms with Crippen LogP contribution >= 0.6 is 0 Å². The smallest absolute Gasteiger partial charge is 0.243 e. The Morgan fingerprint density at radius 3 is 2.74 bits per heavy atom. The van der Waals surface area contributed by atoms with Gasteiger partial charge in [-0.25, -0.2) is 8.42 Å². The Hall–Kier alpha value is -1.81. The summed E-state index contributed by atoms with van der Waals surface area (Å²) in [4.78, 5) is 0.371. The molecule has 27 heavy (non-hydrogen) atoms. The van der Waals surface area contributed by atoms with E-state index in [4.69, 9.17) is 4.74 Å². The van der Waals surface area contributed by atoms with Crippen molar-refractivity contribution in [1.82, 2.24) is 24.4 Å². The quantitative estimate of drug-likeness (QED) is 0.842. The fraction of sp³-hybridized carbons (Fsp3) is 0.556. The topological polar surface area (TPSA) is 89.4 Å². The van der Waals surface area contributed by atoms with E-state index in [-0.39, 0.29) is 5.92 Å². The third-order valence-corrected chi connectivity index (χ3v) is 7.70. The number of aromatic nitrogens is 3. The van der Waals surface area contributed by atoms with Gasteiger partial charge in [0.2, 0.25) is 10.0 Å². The molecule has 8 nitrogen and oxygen atoms in total. The van der Waals surface area contributed by atoms with Crippen molar-refractivity contribution >= 4 is 10.0 Å². The minimum atomic E-state index is -3.47. The van der Waals surface area contributed by atoms with Crippen molar-refractivity contribution in [2.24, 2.45) is 0 Å². The van der Waals surface area contributed by atoms with Gasteiger partial charge < -0.3 is 14.6 Å². The molecule has 4 heterocycles. The maximum Gasteiger partial charge on any atom is 0.243 e. The summed E-state index contributed by atoms with van der Waals surface area (Å²) >= 11 is 0. The van der Waals surface area contributed by atoms with Gasteiger partial charge in [0.1, 0.15) is 11.6 Å². The highest BCUT2D eigenvalue weighted by molar-refractivity contribution is 7.89. The van der Waals surface area contributed by atoms with Gasteiger partial charge in [-0.15, -0.1) is 10.2 Å². The fourth-order valence-electron chi connectivity index (χ4n) is 4.23. The molecule has 1 saturated heterocycles. The van der Waals surface area contributed by atoms with E-state index < -0.39 is 10.0 Å². The van der Waals surface area contributed by atoms with Crippen molar-refractivity contribution in [3.05, 3.63) is 41.0 Å². The van der Waals surface area contributed by atoms with Crippen molar-refractivity contribution in [2.45, 2.75) is 50.0 Å². The van der Waals surface area contributed by atoms with Crippen molar-refractivity contribution in [3.8, 4) is 0 Å². The zero-order valence-corrected chi connectivity index (χ0v) is 15.9. The molecule has 0 aliphatic carbocycles. The lowest BCUT2D eigenvalue weighted by Gasteiger charge is -2.31. The number of nitrogens with one attached hydrogen (secondary N) is 1. The van der Waals surface area contributed by atoms with E-state index in [0.717, 1.165) is 55.3 Å². The molecular weight excluding hydrogens is 366 g/mol. The molecule has 1 aromatic heterocycles. The molecule has 0 amide bonds. The Kier molecular flexibility index (Phi) is 4.27. The molecule has 2 aromatic rings. The number of sulfonamides is 1. The molecule has 0 unspecified atom stereocenters. The molecule has 5 rings (SSSR count). The molecular formula is C18H23N5O3S. The van der Waals surface area contributed by atoms with Gasteiger partial charge in [-0.3, -0.25) is 0 Å². The van der Waals surface area contributed by atoms with E-state index in [1.165, 1.54) is 0 Å². The summed E-state index contributed by atoms with van der Waals surface area (Å²) in [6.45, 7) is 4.65. The van der Waals surface area contributed by atoms with Crippen LogP contribution in [0.15, 0.2) is 23.1 Å². The predicted octanol–water partition coefficient (Wildman–Crippen LogP) is 0.980. The summed E-state index contributed by atoms with van der Waals surface area (Å²) in [7, 11) is -3.47. The van der Waals surface area contributed by atoms with E-state index in [1.54, 1.807) is 16.4 Å². The molecule has 1 N–H and O–H groups in total. The molecule has 3 aliphatic rings. The summed E-state index contributed by atoms with van der Waals surface area (Å²) in [5.41, 5.74) is 2.06. The standard InChI is InChI=1S/C18H23N5O3S/c24-27(25,16-2-1-14-11-26-12-15(14)9-16)22-6-3-13(4-7-22)18-21-20-17-10-19-5-8-23(17)18/h1-2,9,13,19H,3-8,10-12H2. The van der Waals surface area contributed by atoms with Gasteiger partial charge in [0, 0.05) is 32.1 Å². The zero-order chi connectivity index (χ0) is 18.4. The van der Waals surface area contributed by atoms with Crippen LogP contribution in [-0.2, 0) is 41.1 Å². The van der Waals surface area contributed by atoms with Crippen LogP contribution in [0.3, 0.4) is 0 Å². The number of nitrogens with zero attached hydrogens (tertiary/aromatic N) is 4. The normalized spacial score (nSPS) is 21.2. The molecule has 0 saturated carbocycles. The molecule has 9 heteroatoms. The molecule has 0 atom stereocenters. The highest BCUT2D eigenvalue weighted by atomic mass is 32.2. The van der Waals surface area contributed by atoms with Gasteiger partial charge in [-0.1, -0.05) is 6.07 Å². The summed E-state index contributed by atoms with van der Waals surface area (Å²) < 4.78 is 35.3. The van der Waals surface area contributed by atoms with E-state index >= 15 is 0 Å². The number of hydrogen-bond acceptors (Lipinski definition) is 6. The summed E-state index contributed by atoms with van der Waals surface area (Å²) in [6.07, 6.45) is 1.55. The second kappa shape index (κ2) is 6.66. The maximum absolute atomic E-state index is 13.1. The number of fused-ring (bicyclic) bond motifs is 2. The summed E-state index contributed by atoms with van der Waals surface area (Å²) in [5, 5.41) is 12.0. The second-order valence-electron chi connectivity index (χ2n) is 7.40. The summed E-state index contributed by atoms with van der Waals surface area (Å²) in [6, 6.07) is 5.35. The van der Waals surface area contributed by atoms with Gasteiger partial charge in [0.25, 0.3) is 0 Å². The Bertz CT molecular complexity index is 963. The van der Waals surface area contributed by atoms with Crippen LogP contribution in [0.5, 0.6) is 0 Å². The van der Waals surface area contributed by atoms with E-state index in [0.29, 0.717) is 31.2 Å². The average molecular weight is 389 g/mol. The monoisotopic (exact) mass is 389 g/mol. The largest absolute Gasteiger partial charge is 0.372 e. The minimum Gasteiger partial charge on any atom is -0.372 e. The molecule has 0 spiro atoms. The first kappa shape index (κ1) is 17.3. The third kappa shape index (κ3) is 2.98. The summed E-state index contributed by atoms with van der Waals surface area (Å²) in [5.74, 6) is 2.26. The zero-order valence-electron chi connectivity index (χ0n) is 15.1. The van der Waals surface area contributed by atoms with Gasteiger partial charge in [-0.2, -0.15) is 4.31 Å². The Morgan fingerprint density at radius 1 is 1.07 bits per heavy atom. The van der Waals surface area contributed by atoms with Crippen LogP contribution in [0.1, 0.15) is 41.5 Å². The lowest BCUT2D eigenvalue weighted by atomic mass is 9.97. The molecule has 1 aromatic carbocycles. The molecule has 1 fully saturated rings. The van der Waals surface area contributed by atoms with Crippen molar-refractivity contribution < 1.29 is 13.2 Å². The molecule has 0 radical (unpaired) electrons. The third-order valence-electron chi connectivity index (χ3n) is 5.80. The SMILES string of the molecule is O=S(=O)(c1ccc2c(c1)COC2)N1CCC(c2nnc3n2CCNC3)CC1. The number of ether oxygens (including phenoxy) is 1. The number of hydrogen-bond donors (Lipinski definition) is 1. The van der Waals surface area contributed by atoms with Gasteiger partial charge in [0.05, 0.1) is 24.7 Å². The first-order valence-electron chi connectivity index (χ1n) is 9.45. The van der Waals surface area contributed by atoms with Crippen molar-refractivity contribution in [3.63, 3.8) is 0 Å². The fourth-order valence-corrected chi connectivity index (χ4v) is 5.75. The van der Waals surface area contributed by atoms with Gasteiger partial charge in [-0.05, 0) is 36.1 Å². The van der Waals surface area contributed by atoms with Crippen LogP contribution < -0.4 is 5.32 Å². The van der Waals surface area contributed by atoms with Crippen molar-refractivity contribution in [1.29, 1.82) is 0 Å². The van der Waals surface area contributed by atoms with Crippen LogP contribution in [0.25, 0.3) is 0 Å². The first-order valence-corrected chi connectivity index (χ1v) is 10.9. The first-order chi connectivity index (χ1) is 13.1. The maximum atomic E-state index is 13.1. The Balaban J connectivity index is 1.32. The number of piperidine rings is 1. The van der Waals surface area contributed by atoms with Gasteiger partial charge >= 0.3 is 0 Å². The number of rotatable bonds is 3. The van der Waals surface area contributed by atoms with E-state index in [9.17, 15) is 8.42 Å². The van der Waals surface area contributed by atoms with Crippen LogP contribution in [0, 0.1) is 0 Å². The van der Waals surface area contributed by atoms with E-state index in [1.807, 2.05) is 6.07 Å². The van der Waals surface area contributed by atoms with Gasteiger partial charge in [0.15, 0.2) is 0 Å². The predicted molar refractivity (Wildman–Crippen MR) is 97.4 cm³/mol. The highest BCUT2D eigenvalue weighted by Gasteiger charge is 2.33. The minimum absolute atomic E-state index is 0.268. The lowest BCUT2D eigenvalue weighted by Crippen LogP contribution is -2.38. The van der Waals surface area contributed by atoms with Crippen molar-refractivity contribution in [2.75, 3.05) is 19.6 Å². The van der Waals surface area contributed by atoms with Crippen LogP contribution in [-0.4, -0.2) is 47.1 Å². The second-order valence-corrected chi connectivity index (χ2v) is 9.34. The molecule has 3 aliphatic heterocycles. The molecule has 0 bridgehead atoms. The highest BCUT2D eigenvalue weighted by Crippen LogP contribution is 2.31. The Labute approximate surface area is 158 Å². The average Bonchev–Trinajstić information content (AvgIpc) is 3.34.